The van der Waals surface area contributed by atoms with Gasteiger partial charge in [0, 0.05) is 6.20 Å². The fraction of sp³-hybridized carbons (Fsp3) is 0.545. The Morgan fingerprint density at radius 1 is 1.44 bits per heavy atom. The molecule has 5 heteroatoms. The third kappa shape index (κ3) is 3.91. The summed E-state index contributed by atoms with van der Waals surface area (Å²) < 4.78 is 0. The molecule has 1 atom stereocenters. The van der Waals surface area contributed by atoms with E-state index in [1.165, 1.54) is 12.8 Å². The highest BCUT2D eigenvalue weighted by Crippen LogP contribution is 2.26. The Kier molecular flexibility index (Phi) is 6.06. The van der Waals surface area contributed by atoms with Crippen molar-refractivity contribution in [2.45, 2.75) is 38.6 Å². The maximum absolute atomic E-state index is 6.07. The second-order valence-electron chi connectivity index (χ2n) is 3.74. The number of hydrogen-bond acceptors (Lipinski definition) is 3. The Morgan fingerprint density at radius 2 is 2.19 bits per heavy atom. The van der Waals surface area contributed by atoms with Gasteiger partial charge in [0.25, 0.3) is 0 Å². The van der Waals surface area contributed by atoms with Gasteiger partial charge in [0.1, 0.15) is 0 Å². The van der Waals surface area contributed by atoms with Gasteiger partial charge >= 0.3 is 0 Å². The highest BCUT2D eigenvalue weighted by Gasteiger charge is 2.14. The number of nitrogens with two attached hydrogens (primary N) is 1. The van der Waals surface area contributed by atoms with E-state index in [0.717, 1.165) is 18.5 Å². The Morgan fingerprint density at radius 3 is 2.75 bits per heavy atom. The zero-order chi connectivity index (χ0) is 12.0. The Labute approximate surface area is 106 Å². The third-order valence-electron chi connectivity index (χ3n) is 2.46. The molecule has 1 heterocycles. The molecule has 3 N–H and O–H groups in total. The molecule has 0 aliphatic heterocycles. The van der Waals surface area contributed by atoms with Crippen molar-refractivity contribution in [3.8, 4) is 0 Å². The van der Waals surface area contributed by atoms with Gasteiger partial charge in [-0.15, -0.1) is 0 Å². The van der Waals surface area contributed by atoms with Crippen LogP contribution in [0.1, 0.15) is 44.3 Å². The minimum absolute atomic E-state index is 0.00341. The molecule has 0 aliphatic carbocycles. The van der Waals surface area contributed by atoms with Crippen LogP contribution in [0.5, 0.6) is 0 Å². The first-order chi connectivity index (χ1) is 7.69. The predicted octanol–water partition coefficient (Wildman–Crippen LogP) is 3.47. The lowest BCUT2D eigenvalue weighted by Crippen LogP contribution is -2.28. The molecule has 0 spiro atoms. The smallest absolute Gasteiger partial charge is 0.0773 e. The number of unbranched alkanes of at least 4 members (excludes halogenated alkanes) is 2. The van der Waals surface area contributed by atoms with E-state index in [0.29, 0.717) is 10.0 Å². The summed E-state index contributed by atoms with van der Waals surface area (Å²) in [5.41, 5.74) is 3.52. The van der Waals surface area contributed by atoms with Crippen molar-refractivity contribution in [3.63, 3.8) is 0 Å². The van der Waals surface area contributed by atoms with Crippen LogP contribution in [0.2, 0.25) is 10.0 Å². The van der Waals surface area contributed by atoms with Crippen molar-refractivity contribution in [2.75, 3.05) is 0 Å². The van der Waals surface area contributed by atoms with Crippen LogP contribution in [-0.2, 0) is 0 Å². The topological polar surface area (TPSA) is 50.9 Å². The highest BCUT2D eigenvalue weighted by molar-refractivity contribution is 6.34. The van der Waals surface area contributed by atoms with E-state index in [4.69, 9.17) is 29.0 Å². The van der Waals surface area contributed by atoms with E-state index in [2.05, 4.69) is 17.3 Å². The minimum atomic E-state index is -0.00341. The molecule has 16 heavy (non-hydrogen) atoms. The molecule has 1 rings (SSSR count). The number of rotatable bonds is 6. The van der Waals surface area contributed by atoms with E-state index in [1.54, 1.807) is 12.3 Å². The summed E-state index contributed by atoms with van der Waals surface area (Å²) in [6, 6.07) is 1.69. The molecule has 1 unspecified atom stereocenters. The van der Waals surface area contributed by atoms with Crippen molar-refractivity contribution < 1.29 is 0 Å². The summed E-state index contributed by atoms with van der Waals surface area (Å²) in [6.07, 6.45) is 5.99. The molecule has 1 aromatic heterocycles. The molecule has 3 nitrogen and oxygen atoms in total. The molecule has 0 bridgehead atoms. The summed E-state index contributed by atoms with van der Waals surface area (Å²) in [5, 5.41) is 1.10. The van der Waals surface area contributed by atoms with E-state index >= 15 is 0 Å². The molecule has 0 saturated carbocycles. The van der Waals surface area contributed by atoms with Gasteiger partial charge in [-0.1, -0.05) is 49.4 Å². The lowest BCUT2D eigenvalue weighted by molar-refractivity contribution is 0.477. The maximum Gasteiger partial charge on any atom is 0.0773 e. The summed E-state index contributed by atoms with van der Waals surface area (Å²) in [4.78, 5) is 4.22. The van der Waals surface area contributed by atoms with Crippen LogP contribution >= 0.6 is 23.2 Å². The maximum atomic E-state index is 6.07. The van der Waals surface area contributed by atoms with Crippen molar-refractivity contribution in [1.82, 2.24) is 10.4 Å². The Hall–Kier alpha value is -0.350. The van der Waals surface area contributed by atoms with E-state index in [9.17, 15) is 0 Å². The molecule has 0 fully saturated rings. The number of aromatic nitrogens is 1. The first-order valence-corrected chi connectivity index (χ1v) is 6.21. The van der Waals surface area contributed by atoms with Gasteiger partial charge in [-0.05, 0) is 12.5 Å². The lowest BCUT2D eigenvalue weighted by atomic mass is 10.1. The number of halogens is 2. The molecule has 90 valence electrons. The quantitative estimate of drug-likeness (QED) is 0.469. The molecule has 0 amide bonds. The van der Waals surface area contributed by atoms with Crippen molar-refractivity contribution in [2.24, 2.45) is 5.84 Å². The molecular weight excluding hydrogens is 245 g/mol. The number of hydrazine groups is 1. The van der Waals surface area contributed by atoms with Gasteiger partial charge < -0.3 is 0 Å². The van der Waals surface area contributed by atoms with Gasteiger partial charge in [-0.25, -0.2) is 0 Å². The zero-order valence-electron chi connectivity index (χ0n) is 9.34. The first kappa shape index (κ1) is 13.7. The summed E-state index contributed by atoms with van der Waals surface area (Å²) >= 11 is 11.9. The second kappa shape index (κ2) is 7.07. The zero-order valence-corrected chi connectivity index (χ0v) is 10.9. The van der Waals surface area contributed by atoms with E-state index in [1.807, 2.05) is 0 Å². The van der Waals surface area contributed by atoms with Crippen LogP contribution in [0.4, 0.5) is 0 Å². The first-order valence-electron chi connectivity index (χ1n) is 5.46. The van der Waals surface area contributed by atoms with E-state index < -0.39 is 0 Å². The van der Waals surface area contributed by atoms with Crippen molar-refractivity contribution in [3.05, 3.63) is 28.0 Å². The number of hydrogen-bond donors (Lipinski definition) is 2. The van der Waals surface area contributed by atoms with Gasteiger partial charge in [0.15, 0.2) is 0 Å². The average Bonchev–Trinajstić information content (AvgIpc) is 2.26. The standard InChI is InChI=1S/C11H17Cl2N3/c1-2-3-4-5-10(16-14)11-9(13)6-8(12)7-15-11/h6-7,10,16H,2-5,14H2,1H3. The van der Waals surface area contributed by atoms with Gasteiger partial charge in [-0.3, -0.25) is 16.3 Å². The summed E-state index contributed by atoms with van der Waals surface area (Å²) in [7, 11) is 0. The average molecular weight is 262 g/mol. The molecule has 1 aromatic rings. The van der Waals surface area contributed by atoms with Crippen LogP contribution < -0.4 is 11.3 Å². The lowest BCUT2D eigenvalue weighted by Gasteiger charge is -2.16. The van der Waals surface area contributed by atoms with Crippen LogP contribution in [-0.4, -0.2) is 4.98 Å². The van der Waals surface area contributed by atoms with Crippen LogP contribution in [0, 0.1) is 0 Å². The summed E-state index contributed by atoms with van der Waals surface area (Å²) in [5.74, 6) is 5.51. The number of nitrogens with one attached hydrogen (secondary N) is 1. The third-order valence-corrected chi connectivity index (χ3v) is 2.97. The van der Waals surface area contributed by atoms with Gasteiger partial charge in [-0.2, -0.15) is 0 Å². The van der Waals surface area contributed by atoms with Crippen LogP contribution in [0.3, 0.4) is 0 Å². The predicted molar refractivity (Wildman–Crippen MR) is 68.5 cm³/mol. The molecule has 0 aromatic carbocycles. The molecular formula is C11H17Cl2N3. The minimum Gasteiger partial charge on any atom is -0.271 e. The number of pyridine rings is 1. The van der Waals surface area contributed by atoms with Crippen molar-refractivity contribution >= 4 is 23.2 Å². The van der Waals surface area contributed by atoms with Crippen molar-refractivity contribution in [1.29, 1.82) is 0 Å². The molecule has 0 aliphatic rings. The van der Waals surface area contributed by atoms with Crippen LogP contribution in [0.25, 0.3) is 0 Å². The Bertz CT molecular complexity index is 331. The Balaban J connectivity index is 2.70. The van der Waals surface area contributed by atoms with Crippen LogP contribution in [0.15, 0.2) is 12.3 Å². The van der Waals surface area contributed by atoms with E-state index in [-0.39, 0.29) is 6.04 Å². The SMILES string of the molecule is CCCCCC(NN)c1ncc(Cl)cc1Cl. The van der Waals surface area contributed by atoms with Gasteiger partial charge in [0.2, 0.25) is 0 Å². The summed E-state index contributed by atoms with van der Waals surface area (Å²) in [6.45, 7) is 2.17. The molecule has 0 radical (unpaired) electrons. The number of nitrogens with zero attached hydrogens (tertiary/aromatic N) is 1. The van der Waals surface area contributed by atoms with Gasteiger partial charge in [0.05, 0.1) is 21.8 Å². The monoisotopic (exact) mass is 261 g/mol. The highest BCUT2D eigenvalue weighted by atomic mass is 35.5. The molecule has 0 saturated heterocycles. The normalized spacial score (nSPS) is 12.8. The fourth-order valence-electron chi connectivity index (χ4n) is 1.58. The largest absolute Gasteiger partial charge is 0.271 e. The second-order valence-corrected chi connectivity index (χ2v) is 4.58. The fourth-order valence-corrected chi connectivity index (χ4v) is 2.09.